The fraction of sp³-hybridized carbons (Fsp3) is 0.818. The van der Waals surface area contributed by atoms with Crippen molar-refractivity contribution >= 4 is 23.1 Å². The zero-order valence-electron chi connectivity index (χ0n) is 9.55. The molecular formula is C11H22N2OS. The van der Waals surface area contributed by atoms with Gasteiger partial charge in [-0.25, -0.2) is 0 Å². The number of unbranched alkanes of at least 4 members (excludes halogenated alkanes) is 5. The topological polar surface area (TPSA) is 55.1 Å². The highest BCUT2D eigenvalue weighted by Gasteiger charge is 2.00. The van der Waals surface area contributed by atoms with Crippen LogP contribution < -0.4 is 11.1 Å². The average molecular weight is 230 g/mol. The molecule has 88 valence electrons. The van der Waals surface area contributed by atoms with E-state index in [2.05, 4.69) is 24.5 Å². The van der Waals surface area contributed by atoms with Gasteiger partial charge in [-0.05, 0) is 6.42 Å². The minimum absolute atomic E-state index is 0.0540. The summed E-state index contributed by atoms with van der Waals surface area (Å²) in [6.07, 6.45) is 7.77. The number of nitrogens with two attached hydrogens (primary N) is 1. The number of nitrogens with one attached hydrogen (secondary N) is 1. The lowest BCUT2D eigenvalue weighted by Crippen LogP contribution is -2.31. The second kappa shape index (κ2) is 9.90. The van der Waals surface area contributed by atoms with Crippen LogP contribution in [-0.4, -0.2) is 17.4 Å². The molecule has 3 N–H and O–H groups in total. The van der Waals surface area contributed by atoms with Gasteiger partial charge in [0.25, 0.3) is 0 Å². The Morgan fingerprint density at radius 1 is 1.20 bits per heavy atom. The molecule has 3 nitrogen and oxygen atoms in total. The highest BCUT2D eigenvalue weighted by atomic mass is 32.1. The molecule has 0 aliphatic heterocycles. The minimum Gasteiger partial charge on any atom is -0.392 e. The second-order valence-corrected chi connectivity index (χ2v) is 4.29. The molecule has 0 aromatic rings. The molecule has 0 unspecified atom stereocenters. The van der Waals surface area contributed by atoms with E-state index in [1.165, 1.54) is 25.7 Å². The first-order chi connectivity index (χ1) is 7.16. The average Bonchev–Trinajstić information content (AvgIpc) is 2.20. The normalized spacial score (nSPS) is 9.93. The Morgan fingerprint density at radius 2 is 1.80 bits per heavy atom. The third-order valence-corrected chi connectivity index (χ3v) is 2.36. The van der Waals surface area contributed by atoms with E-state index in [1.54, 1.807) is 0 Å². The molecule has 0 atom stereocenters. The third kappa shape index (κ3) is 11.3. The predicted molar refractivity (Wildman–Crippen MR) is 67.8 cm³/mol. The van der Waals surface area contributed by atoms with Gasteiger partial charge in [0.05, 0.1) is 11.5 Å². The van der Waals surface area contributed by atoms with Crippen LogP contribution in [0.4, 0.5) is 0 Å². The molecule has 1 amide bonds. The molecule has 0 saturated heterocycles. The van der Waals surface area contributed by atoms with Gasteiger partial charge in [0.15, 0.2) is 0 Å². The highest BCUT2D eigenvalue weighted by Crippen LogP contribution is 2.06. The number of hydrogen-bond donors (Lipinski definition) is 2. The largest absolute Gasteiger partial charge is 0.392 e. The van der Waals surface area contributed by atoms with Gasteiger partial charge in [-0.1, -0.05) is 51.2 Å². The van der Waals surface area contributed by atoms with Crippen LogP contribution in [0.5, 0.6) is 0 Å². The number of amides is 1. The van der Waals surface area contributed by atoms with Crippen molar-refractivity contribution in [3.8, 4) is 0 Å². The second-order valence-electron chi connectivity index (χ2n) is 3.76. The Kier molecular flexibility index (Phi) is 9.48. The summed E-state index contributed by atoms with van der Waals surface area (Å²) < 4.78 is 0. The van der Waals surface area contributed by atoms with Gasteiger partial charge < -0.3 is 11.1 Å². The van der Waals surface area contributed by atoms with Gasteiger partial charge in [0.1, 0.15) is 0 Å². The molecule has 0 aliphatic carbocycles. The molecule has 15 heavy (non-hydrogen) atoms. The number of rotatable bonds is 9. The number of thiocarbonyl (C=S) groups is 1. The van der Waals surface area contributed by atoms with Crippen LogP contribution in [0.2, 0.25) is 0 Å². The molecule has 0 aliphatic rings. The summed E-state index contributed by atoms with van der Waals surface area (Å²) in [4.78, 5) is 11.5. The molecule has 4 heteroatoms. The monoisotopic (exact) mass is 230 g/mol. The standard InChI is InChI=1S/C11H22N2OS/c1-2-3-4-5-6-7-8-11(14)13-9-10(12)15/h2-9H2,1H3,(H2,12,15)(H,13,14). The fourth-order valence-electron chi connectivity index (χ4n) is 1.34. The van der Waals surface area contributed by atoms with E-state index in [9.17, 15) is 4.79 Å². The maximum atomic E-state index is 11.2. The predicted octanol–water partition coefficient (Wildman–Crippen LogP) is 2.14. The van der Waals surface area contributed by atoms with Crippen molar-refractivity contribution in [3.05, 3.63) is 0 Å². The molecule has 0 fully saturated rings. The summed E-state index contributed by atoms with van der Waals surface area (Å²) in [6, 6.07) is 0. The van der Waals surface area contributed by atoms with Crippen molar-refractivity contribution in [3.63, 3.8) is 0 Å². The van der Waals surface area contributed by atoms with Crippen LogP contribution >= 0.6 is 12.2 Å². The first-order valence-corrected chi connectivity index (χ1v) is 6.12. The van der Waals surface area contributed by atoms with E-state index in [0.29, 0.717) is 18.0 Å². The molecule has 0 saturated carbocycles. The lowest BCUT2D eigenvalue weighted by molar-refractivity contribution is -0.120. The lowest BCUT2D eigenvalue weighted by Gasteiger charge is -2.03. The SMILES string of the molecule is CCCCCCCCC(=O)NCC(N)=S. The summed E-state index contributed by atoms with van der Waals surface area (Å²) in [7, 11) is 0. The van der Waals surface area contributed by atoms with Crippen molar-refractivity contribution in [2.45, 2.75) is 51.9 Å². The van der Waals surface area contributed by atoms with Gasteiger partial charge in [0, 0.05) is 6.42 Å². The third-order valence-electron chi connectivity index (χ3n) is 2.22. The Morgan fingerprint density at radius 3 is 2.40 bits per heavy atom. The number of carbonyl (C=O) groups excluding carboxylic acids is 1. The van der Waals surface area contributed by atoms with Crippen molar-refractivity contribution in [1.29, 1.82) is 0 Å². The Balaban J connectivity index is 3.20. The first kappa shape index (κ1) is 14.4. The van der Waals surface area contributed by atoms with Gasteiger partial charge in [-0.15, -0.1) is 0 Å². The number of carbonyl (C=O) groups is 1. The summed E-state index contributed by atoms with van der Waals surface area (Å²) in [5, 5.41) is 2.68. The maximum absolute atomic E-state index is 11.2. The van der Waals surface area contributed by atoms with E-state index < -0.39 is 0 Å². The van der Waals surface area contributed by atoms with Crippen molar-refractivity contribution < 1.29 is 4.79 Å². The molecular weight excluding hydrogens is 208 g/mol. The Hall–Kier alpha value is -0.640. The van der Waals surface area contributed by atoms with Crippen molar-refractivity contribution in [2.75, 3.05) is 6.54 Å². The minimum atomic E-state index is 0.0540. The van der Waals surface area contributed by atoms with E-state index in [4.69, 9.17) is 5.73 Å². The maximum Gasteiger partial charge on any atom is 0.220 e. The molecule has 0 bridgehead atoms. The molecule has 0 aromatic heterocycles. The lowest BCUT2D eigenvalue weighted by atomic mass is 10.1. The van der Waals surface area contributed by atoms with Crippen molar-refractivity contribution in [1.82, 2.24) is 5.32 Å². The summed E-state index contributed by atoms with van der Waals surface area (Å²) in [6.45, 7) is 2.52. The molecule has 0 rings (SSSR count). The van der Waals surface area contributed by atoms with E-state index in [1.807, 2.05) is 0 Å². The highest BCUT2D eigenvalue weighted by molar-refractivity contribution is 7.80. The van der Waals surface area contributed by atoms with Gasteiger partial charge in [-0.2, -0.15) is 0 Å². The zero-order chi connectivity index (χ0) is 11.5. The molecule has 0 aromatic carbocycles. The number of hydrogen-bond acceptors (Lipinski definition) is 2. The molecule has 0 spiro atoms. The van der Waals surface area contributed by atoms with E-state index >= 15 is 0 Å². The quantitative estimate of drug-likeness (QED) is 0.471. The van der Waals surface area contributed by atoms with Gasteiger partial charge >= 0.3 is 0 Å². The smallest absolute Gasteiger partial charge is 0.220 e. The van der Waals surface area contributed by atoms with Crippen LogP contribution in [-0.2, 0) is 4.79 Å². The van der Waals surface area contributed by atoms with Crippen LogP contribution in [0.25, 0.3) is 0 Å². The van der Waals surface area contributed by atoms with Crippen LogP contribution in [0, 0.1) is 0 Å². The van der Waals surface area contributed by atoms with Crippen molar-refractivity contribution in [2.24, 2.45) is 5.73 Å². The zero-order valence-corrected chi connectivity index (χ0v) is 10.4. The van der Waals surface area contributed by atoms with E-state index in [-0.39, 0.29) is 5.91 Å². The summed E-state index contributed by atoms with van der Waals surface area (Å²) in [5.74, 6) is 0.0540. The van der Waals surface area contributed by atoms with E-state index in [0.717, 1.165) is 12.8 Å². The fourth-order valence-corrected chi connectivity index (χ4v) is 1.41. The van der Waals surface area contributed by atoms with Crippen LogP contribution in [0.3, 0.4) is 0 Å². The van der Waals surface area contributed by atoms with Gasteiger partial charge in [-0.3, -0.25) is 4.79 Å². The Bertz CT molecular complexity index is 195. The first-order valence-electron chi connectivity index (χ1n) is 5.71. The van der Waals surface area contributed by atoms with Crippen LogP contribution in [0.15, 0.2) is 0 Å². The van der Waals surface area contributed by atoms with Gasteiger partial charge in [0.2, 0.25) is 5.91 Å². The van der Waals surface area contributed by atoms with Crippen LogP contribution in [0.1, 0.15) is 51.9 Å². The molecule has 0 radical (unpaired) electrons. The Labute approximate surface area is 97.8 Å². The summed E-state index contributed by atoms with van der Waals surface area (Å²) in [5.41, 5.74) is 5.27. The molecule has 0 heterocycles. The summed E-state index contributed by atoms with van der Waals surface area (Å²) >= 11 is 4.66.